The number of nitrogens with one attached hydrogen (secondary N) is 1. The van der Waals surface area contributed by atoms with Gasteiger partial charge in [0.25, 0.3) is 0 Å². The van der Waals surface area contributed by atoms with Crippen molar-refractivity contribution in [1.29, 1.82) is 0 Å². The number of benzene rings is 1. The second-order valence-corrected chi connectivity index (χ2v) is 6.27. The van der Waals surface area contributed by atoms with Crippen LogP contribution in [0, 0.1) is 5.92 Å². The van der Waals surface area contributed by atoms with E-state index in [-0.39, 0.29) is 25.3 Å². The third-order valence-corrected chi connectivity index (χ3v) is 3.48. The molecule has 0 aliphatic rings. The van der Waals surface area contributed by atoms with Crippen molar-refractivity contribution in [3.8, 4) is 0 Å². The first kappa shape index (κ1) is 20.5. The number of carboxylic acid groups (broad SMARTS) is 1. The SMILES string of the molecule is CC(C)CNC(=O)CCN(C)C(=O)OC(Cc1ccccc1)C(=O)O. The highest BCUT2D eigenvalue weighted by molar-refractivity contribution is 5.79. The molecule has 1 aromatic rings. The summed E-state index contributed by atoms with van der Waals surface area (Å²) in [6.07, 6.45) is -1.81. The molecule has 1 atom stereocenters. The van der Waals surface area contributed by atoms with Crippen LogP contribution in [0.4, 0.5) is 4.79 Å². The van der Waals surface area contributed by atoms with Crippen LogP contribution < -0.4 is 5.32 Å². The summed E-state index contributed by atoms with van der Waals surface area (Å²) in [4.78, 5) is 36.2. The standard InChI is InChI=1S/C18H26N2O5/c1-13(2)12-19-16(21)9-10-20(3)18(24)25-15(17(22)23)11-14-7-5-4-6-8-14/h4-8,13,15H,9-12H2,1-3H3,(H,19,21)(H,22,23). The number of aliphatic carboxylic acids is 1. The predicted octanol–water partition coefficient (Wildman–Crippen LogP) is 1.91. The minimum absolute atomic E-state index is 0.0879. The first-order valence-corrected chi connectivity index (χ1v) is 8.24. The third-order valence-electron chi connectivity index (χ3n) is 3.48. The van der Waals surface area contributed by atoms with E-state index in [4.69, 9.17) is 4.74 Å². The molecule has 1 unspecified atom stereocenters. The Morgan fingerprint density at radius 2 is 1.84 bits per heavy atom. The molecule has 138 valence electrons. The maximum absolute atomic E-state index is 12.0. The van der Waals surface area contributed by atoms with E-state index in [0.717, 1.165) is 5.56 Å². The van der Waals surface area contributed by atoms with Crippen LogP contribution in [0.25, 0.3) is 0 Å². The highest BCUT2D eigenvalue weighted by Crippen LogP contribution is 2.08. The van der Waals surface area contributed by atoms with Crippen molar-refractivity contribution in [2.45, 2.75) is 32.8 Å². The van der Waals surface area contributed by atoms with Crippen molar-refractivity contribution in [2.24, 2.45) is 5.92 Å². The van der Waals surface area contributed by atoms with Gasteiger partial charge in [-0.15, -0.1) is 0 Å². The van der Waals surface area contributed by atoms with Crippen LogP contribution in [0.5, 0.6) is 0 Å². The number of nitrogens with zero attached hydrogens (tertiary/aromatic N) is 1. The first-order chi connectivity index (χ1) is 11.8. The zero-order chi connectivity index (χ0) is 18.8. The van der Waals surface area contributed by atoms with Gasteiger partial charge in [0.15, 0.2) is 0 Å². The van der Waals surface area contributed by atoms with Gasteiger partial charge in [-0.2, -0.15) is 0 Å². The summed E-state index contributed by atoms with van der Waals surface area (Å²) in [5.74, 6) is -1.02. The van der Waals surface area contributed by atoms with Crippen LogP contribution >= 0.6 is 0 Å². The summed E-state index contributed by atoms with van der Waals surface area (Å²) in [6, 6.07) is 8.94. The van der Waals surface area contributed by atoms with E-state index < -0.39 is 18.2 Å². The predicted molar refractivity (Wildman–Crippen MR) is 93.1 cm³/mol. The Kier molecular flexibility index (Phi) is 8.46. The number of hydrogen-bond acceptors (Lipinski definition) is 4. The Labute approximate surface area is 148 Å². The van der Waals surface area contributed by atoms with Crippen molar-refractivity contribution >= 4 is 18.0 Å². The van der Waals surface area contributed by atoms with E-state index in [1.54, 1.807) is 24.3 Å². The molecule has 0 aliphatic carbocycles. The zero-order valence-electron chi connectivity index (χ0n) is 14.9. The Bertz CT molecular complexity index is 574. The molecule has 0 aliphatic heterocycles. The van der Waals surface area contributed by atoms with Crippen molar-refractivity contribution in [1.82, 2.24) is 10.2 Å². The zero-order valence-corrected chi connectivity index (χ0v) is 14.9. The number of amides is 2. The maximum Gasteiger partial charge on any atom is 0.410 e. The van der Waals surface area contributed by atoms with E-state index in [2.05, 4.69) is 5.32 Å². The molecule has 2 amide bonds. The molecule has 7 heteroatoms. The molecule has 7 nitrogen and oxygen atoms in total. The second kappa shape index (κ2) is 10.3. The van der Waals surface area contributed by atoms with Gasteiger partial charge in [-0.25, -0.2) is 9.59 Å². The number of hydrogen-bond donors (Lipinski definition) is 2. The number of carbonyl (C=O) groups is 3. The molecule has 0 fully saturated rings. The number of rotatable bonds is 9. The van der Waals surface area contributed by atoms with Gasteiger partial charge in [0.05, 0.1) is 0 Å². The maximum atomic E-state index is 12.0. The highest BCUT2D eigenvalue weighted by atomic mass is 16.6. The van der Waals surface area contributed by atoms with Gasteiger partial charge in [-0.05, 0) is 11.5 Å². The van der Waals surface area contributed by atoms with E-state index >= 15 is 0 Å². The topological polar surface area (TPSA) is 95.9 Å². The largest absolute Gasteiger partial charge is 0.478 e. The normalized spacial score (nSPS) is 11.7. The molecule has 0 aromatic heterocycles. The molecule has 0 radical (unpaired) electrons. The van der Waals surface area contributed by atoms with Crippen LogP contribution in [0.3, 0.4) is 0 Å². The summed E-state index contributed by atoms with van der Waals surface area (Å²) in [5, 5.41) is 12.0. The Balaban J connectivity index is 2.47. The number of carboxylic acids is 1. The molecule has 0 saturated heterocycles. The summed E-state index contributed by atoms with van der Waals surface area (Å²) in [7, 11) is 1.47. The Morgan fingerprint density at radius 3 is 2.40 bits per heavy atom. The fraction of sp³-hybridized carbons (Fsp3) is 0.500. The summed E-state index contributed by atoms with van der Waals surface area (Å²) >= 11 is 0. The van der Waals surface area contributed by atoms with Crippen LogP contribution in [-0.2, 0) is 20.7 Å². The van der Waals surface area contributed by atoms with Crippen molar-refractivity contribution in [2.75, 3.05) is 20.1 Å². The van der Waals surface area contributed by atoms with Gasteiger partial charge < -0.3 is 20.1 Å². The highest BCUT2D eigenvalue weighted by Gasteiger charge is 2.24. The third kappa shape index (κ3) is 8.19. The van der Waals surface area contributed by atoms with Gasteiger partial charge in [-0.3, -0.25) is 4.79 Å². The summed E-state index contributed by atoms with van der Waals surface area (Å²) in [5.41, 5.74) is 0.762. The van der Waals surface area contributed by atoms with Gasteiger partial charge >= 0.3 is 12.1 Å². The summed E-state index contributed by atoms with van der Waals surface area (Å²) in [6.45, 7) is 4.71. The molecule has 2 N–H and O–H groups in total. The molecular weight excluding hydrogens is 324 g/mol. The van der Waals surface area contributed by atoms with E-state index in [1.165, 1.54) is 11.9 Å². The van der Waals surface area contributed by atoms with Crippen LogP contribution in [0.2, 0.25) is 0 Å². The Morgan fingerprint density at radius 1 is 1.20 bits per heavy atom. The smallest absolute Gasteiger partial charge is 0.410 e. The van der Waals surface area contributed by atoms with Crippen molar-refractivity contribution in [3.63, 3.8) is 0 Å². The Hall–Kier alpha value is -2.57. The average molecular weight is 350 g/mol. The molecule has 0 bridgehead atoms. The van der Waals surface area contributed by atoms with Gasteiger partial charge in [0, 0.05) is 33.0 Å². The monoisotopic (exact) mass is 350 g/mol. The van der Waals surface area contributed by atoms with Crippen LogP contribution in [0.15, 0.2) is 30.3 Å². The molecule has 1 aromatic carbocycles. The molecule has 0 heterocycles. The number of carbonyl (C=O) groups excluding carboxylic acids is 2. The molecule has 0 saturated carbocycles. The second-order valence-electron chi connectivity index (χ2n) is 6.27. The van der Waals surface area contributed by atoms with E-state index in [9.17, 15) is 19.5 Å². The summed E-state index contributed by atoms with van der Waals surface area (Å²) < 4.78 is 5.06. The fourth-order valence-electron chi connectivity index (χ4n) is 1.99. The lowest BCUT2D eigenvalue weighted by Crippen LogP contribution is -2.38. The van der Waals surface area contributed by atoms with Gasteiger partial charge in [0.2, 0.25) is 12.0 Å². The van der Waals surface area contributed by atoms with Gasteiger partial charge in [-0.1, -0.05) is 44.2 Å². The molecular formula is C18H26N2O5. The first-order valence-electron chi connectivity index (χ1n) is 8.24. The van der Waals surface area contributed by atoms with E-state index in [1.807, 2.05) is 19.9 Å². The molecule has 25 heavy (non-hydrogen) atoms. The van der Waals surface area contributed by atoms with E-state index in [0.29, 0.717) is 12.5 Å². The lowest BCUT2D eigenvalue weighted by Gasteiger charge is -2.20. The van der Waals surface area contributed by atoms with Crippen molar-refractivity contribution in [3.05, 3.63) is 35.9 Å². The average Bonchev–Trinajstić information content (AvgIpc) is 2.57. The van der Waals surface area contributed by atoms with Crippen LogP contribution in [-0.4, -0.2) is 54.2 Å². The minimum atomic E-state index is -1.27. The molecule has 1 rings (SSSR count). The quantitative estimate of drug-likeness (QED) is 0.709. The fourth-order valence-corrected chi connectivity index (χ4v) is 1.99. The van der Waals surface area contributed by atoms with Crippen LogP contribution in [0.1, 0.15) is 25.8 Å². The minimum Gasteiger partial charge on any atom is -0.478 e. The van der Waals surface area contributed by atoms with Crippen molar-refractivity contribution < 1.29 is 24.2 Å². The lowest BCUT2D eigenvalue weighted by atomic mass is 10.1. The number of ether oxygens (including phenoxy) is 1. The van der Waals surface area contributed by atoms with Gasteiger partial charge in [0.1, 0.15) is 0 Å². The lowest BCUT2D eigenvalue weighted by molar-refractivity contribution is -0.147. The molecule has 0 spiro atoms.